The van der Waals surface area contributed by atoms with Gasteiger partial charge in [0.2, 0.25) is 0 Å². The van der Waals surface area contributed by atoms with Crippen LogP contribution in [0, 0.1) is 0 Å². The van der Waals surface area contributed by atoms with Crippen LogP contribution in [0.4, 0.5) is 0 Å². The van der Waals surface area contributed by atoms with E-state index in [2.05, 4.69) is 5.32 Å². The van der Waals surface area contributed by atoms with Crippen LogP contribution in [0.2, 0.25) is 4.34 Å². The van der Waals surface area contributed by atoms with Crippen LogP contribution in [-0.2, 0) is 4.79 Å². The zero-order chi connectivity index (χ0) is 15.9. The highest BCUT2D eigenvalue weighted by atomic mass is 35.5. The second-order valence-corrected chi connectivity index (χ2v) is 6.37. The number of hydrogen-bond donors (Lipinski definition) is 1. The van der Waals surface area contributed by atoms with Gasteiger partial charge in [0, 0.05) is 4.88 Å². The highest BCUT2D eigenvalue weighted by molar-refractivity contribution is 7.16. The van der Waals surface area contributed by atoms with E-state index >= 15 is 0 Å². The third-order valence-electron chi connectivity index (χ3n) is 2.90. The quantitative estimate of drug-likeness (QED) is 0.827. The summed E-state index contributed by atoms with van der Waals surface area (Å²) in [5.74, 6) is 1.24. The van der Waals surface area contributed by atoms with Crippen molar-refractivity contribution in [3.8, 4) is 11.5 Å². The van der Waals surface area contributed by atoms with Crippen molar-refractivity contribution in [2.24, 2.45) is 0 Å². The fraction of sp³-hybridized carbons (Fsp3) is 0.312. The molecule has 1 heterocycles. The van der Waals surface area contributed by atoms with E-state index in [9.17, 15) is 4.79 Å². The molecule has 0 fully saturated rings. The average Bonchev–Trinajstić information content (AvgIpc) is 2.93. The molecule has 4 nitrogen and oxygen atoms in total. The minimum Gasteiger partial charge on any atom is -0.494 e. The lowest BCUT2D eigenvalue weighted by Gasteiger charge is -2.13. The van der Waals surface area contributed by atoms with Crippen LogP contribution in [0.5, 0.6) is 11.5 Å². The lowest BCUT2D eigenvalue weighted by molar-refractivity contribution is -0.123. The van der Waals surface area contributed by atoms with Gasteiger partial charge in [-0.3, -0.25) is 4.79 Å². The fourth-order valence-electron chi connectivity index (χ4n) is 1.86. The summed E-state index contributed by atoms with van der Waals surface area (Å²) in [4.78, 5) is 12.9. The van der Waals surface area contributed by atoms with Gasteiger partial charge >= 0.3 is 0 Å². The number of nitrogens with one attached hydrogen (secondary N) is 1. The molecule has 0 aliphatic heterocycles. The van der Waals surface area contributed by atoms with Gasteiger partial charge in [-0.25, -0.2) is 0 Å². The van der Waals surface area contributed by atoms with E-state index in [0.717, 1.165) is 10.6 Å². The highest BCUT2D eigenvalue weighted by Gasteiger charge is 2.12. The van der Waals surface area contributed by atoms with E-state index in [4.69, 9.17) is 21.1 Å². The maximum absolute atomic E-state index is 11.9. The van der Waals surface area contributed by atoms with Gasteiger partial charge in [-0.05, 0) is 50.2 Å². The molecule has 22 heavy (non-hydrogen) atoms. The van der Waals surface area contributed by atoms with Gasteiger partial charge < -0.3 is 14.8 Å². The number of benzene rings is 1. The van der Waals surface area contributed by atoms with Gasteiger partial charge in [0.15, 0.2) is 6.61 Å². The van der Waals surface area contributed by atoms with E-state index in [-0.39, 0.29) is 18.6 Å². The topological polar surface area (TPSA) is 47.6 Å². The second kappa shape index (κ2) is 8.06. The van der Waals surface area contributed by atoms with Crippen LogP contribution >= 0.6 is 22.9 Å². The number of thiophene rings is 1. The molecule has 6 heteroatoms. The Morgan fingerprint density at radius 1 is 1.18 bits per heavy atom. The molecule has 0 unspecified atom stereocenters. The number of rotatable bonds is 7. The van der Waals surface area contributed by atoms with Crippen molar-refractivity contribution in [2.45, 2.75) is 19.9 Å². The Balaban J connectivity index is 1.79. The van der Waals surface area contributed by atoms with Gasteiger partial charge in [0.25, 0.3) is 5.91 Å². The number of hydrogen-bond acceptors (Lipinski definition) is 4. The van der Waals surface area contributed by atoms with Crippen molar-refractivity contribution >= 4 is 28.8 Å². The summed E-state index contributed by atoms with van der Waals surface area (Å²) in [5.41, 5.74) is 0. The molecule has 0 spiro atoms. The van der Waals surface area contributed by atoms with Crippen molar-refractivity contribution in [2.75, 3.05) is 13.2 Å². The Kier molecular flexibility index (Phi) is 6.10. The van der Waals surface area contributed by atoms with Gasteiger partial charge in [0.1, 0.15) is 11.5 Å². The molecule has 0 radical (unpaired) electrons. The standard InChI is InChI=1S/C16H18ClNO3S/c1-3-20-12-4-6-13(7-5-12)21-10-16(19)18-11(2)14-8-9-15(17)22-14/h4-9,11H,3,10H2,1-2H3,(H,18,19)/t11-/m0/s1. The van der Waals surface area contributed by atoms with Gasteiger partial charge in [0.05, 0.1) is 17.0 Å². The summed E-state index contributed by atoms with van der Waals surface area (Å²) in [7, 11) is 0. The molecule has 1 atom stereocenters. The normalized spacial score (nSPS) is 11.8. The van der Waals surface area contributed by atoms with Crippen LogP contribution in [0.3, 0.4) is 0 Å². The molecular weight excluding hydrogens is 322 g/mol. The first-order valence-electron chi connectivity index (χ1n) is 6.98. The molecule has 1 aromatic carbocycles. The lowest BCUT2D eigenvalue weighted by atomic mass is 10.3. The third-order valence-corrected chi connectivity index (χ3v) is 4.32. The average molecular weight is 340 g/mol. The molecule has 0 saturated heterocycles. The van der Waals surface area contributed by atoms with Crippen molar-refractivity contribution in [1.82, 2.24) is 5.32 Å². The predicted octanol–water partition coefficient (Wildman–Crippen LogP) is 4.06. The number of carbonyl (C=O) groups is 1. The maximum Gasteiger partial charge on any atom is 0.258 e. The summed E-state index contributed by atoms with van der Waals surface area (Å²) >= 11 is 7.34. The van der Waals surface area contributed by atoms with Crippen LogP contribution < -0.4 is 14.8 Å². The first-order chi connectivity index (χ1) is 10.6. The predicted molar refractivity (Wildman–Crippen MR) is 89.0 cm³/mol. The molecule has 0 aliphatic rings. The molecule has 2 aromatic rings. The number of carbonyl (C=O) groups excluding carboxylic acids is 1. The summed E-state index contributed by atoms with van der Waals surface area (Å²) in [6.07, 6.45) is 0. The maximum atomic E-state index is 11.9. The number of halogens is 1. The van der Waals surface area contributed by atoms with E-state index in [1.165, 1.54) is 11.3 Å². The third kappa shape index (κ3) is 4.93. The molecular formula is C16H18ClNO3S. The monoisotopic (exact) mass is 339 g/mol. The Bertz CT molecular complexity index is 612. The van der Waals surface area contributed by atoms with Crippen LogP contribution in [0.25, 0.3) is 0 Å². The Hall–Kier alpha value is -1.72. The molecule has 1 N–H and O–H groups in total. The Morgan fingerprint density at radius 2 is 1.82 bits per heavy atom. The van der Waals surface area contributed by atoms with E-state index in [1.807, 2.05) is 38.1 Å². The molecule has 0 saturated carbocycles. The van der Waals surface area contributed by atoms with Crippen molar-refractivity contribution < 1.29 is 14.3 Å². The highest BCUT2D eigenvalue weighted by Crippen LogP contribution is 2.26. The van der Waals surface area contributed by atoms with Crippen molar-refractivity contribution in [1.29, 1.82) is 0 Å². The van der Waals surface area contributed by atoms with Gasteiger partial charge in [-0.2, -0.15) is 0 Å². The van der Waals surface area contributed by atoms with Crippen LogP contribution in [0.15, 0.2) is 36.4 Å². The lowest BCUT2D eigenvalue weighted by Crippen LogP contribution is -2.30. The molecule has 0 bridgehead atoms. The molecule has 2 rings (SSSR count). The largest absolute Gasteiger partial charge is 0.494 e. The summed E-state index contributed by atoms with van der Waals surface area (Å²) in [5, 5.41) is 2.87. The SMILES string of the molecule is CCOc1ccc(OCC(=O)N[C@@H](C)c2ccc(Cl)s2)cc1. The van der Waals surface area contributed by atoms with Gasteiger partial charge in [-0.15, -0.1) is 11.3 Å². The zero-order valence-electron chi connectivity index (χ0n) is 12.5. The van der Waals surface area contributed by atoms with Crippen LogP contribution in [-0.4, -0.2) is 19.1 Å². The summed E-state index contributed by atoms with van der Waals surface area (Å²) in [6.45, 7) is 4.43. The van der Waals surface area contributed by atoms with Crippen molar-refractivity contribution in [3.05, 3.63) is 45.6 Å². The number of amides is 1. The Morgan fingerprint density at radius 3 is 2.36 bits per heavy atom. The molecule has 1 aromatic heterocycles. The molecule has 1 amide bonds. The van der Waals surface area contributed by atoms with Crippen molar-refractivity contribution in [3.63, 3.8) is 0 Å². The molecule has 118 valence electrons. The Labute approximate surface area is 139 Å². The number of ether oxygens (including phenoxy) is 2. The molecule has 0 aliphatic carbocycles. The van der Waals surface area contributed by atoms with E-state index in [0.29, 0.717) is 16.7 Å². The summed E-state index contributed by atoms with van der Waals surface area (Å²) in [6, 6.07) is 10.8. The fourth-order valence-corrected chi connectivity index (χ4v) is 2.93. The van der Waals surface area contributed by atoms with Crippen LogP contribution in [0.1, 0.15) is 24.8 Å². The minimum atomic E-state index is -0.175. The first kappa shape index (κ1) is 16.6. The zero-order valence-corrected chi connectivity index (χ0v) is 14.0. The smallest absolute Gasteiger partial charge is 0.258 e. The minimum absolute atomic E-state index is 0.0303. The summed E-state index contributed by atoms with van der Waals surface area (Å²) < 4.78 is 11.5. The van der Waals surface area contributed by atoms with Gasteiger partial charge in [-0.1, -0.05) is 11.6 Å². The van der Waals surface area contributed by atoms with E-state index in [1.54, 1.807) is 12.1 Å². The van der Waals surface area contributed by atoms with E-state index < -0.39 is 0 Å². The first-order valence-corrected chi connectivity index (χ1v) is 8.18. The second-order valence-electron chi connectivity index (χ2n) is 4.62.